The molecule has 0 radical (unpaired) electrons. The number of nitrogens with one attached hydrogen (secondary N) is 2. The van der Waals surface area contributed by atoms with Crippen molar-refractivity contribution in [3.8, 4) is 5.75 Å². The van der Waals surface area contributed by atoms with Crippen LogP contribution in [0.5, 0.6) is 5.75 Å². The van der Waals surface area contributed by atoms with Gasteiger partial charge in [-0.1, -0.05) is 50.6 Å². The van der Waals surface area contributed by atoms with Gasteiger partial charge in [0.05, 0.1) is 18.5 Å². The minimum absolute atomic E-state index is 0.0787. The van der Waals surface area contributed by atoms with Gasteiger partial charge >= 0.3 is 0 Å². The van der Waals surface area contributed by atoms with Crippen LogP contribution in [-0.2, 0) is 4.79 Å². The molecule has 0 unspecified atom stereocenters. The molecule has 162 valence electrons. The molecule has 1 aromatic rings. The lowest BCUT2D eigenvalue weighted by atomic mass is 10.1. The van der Waals surface area contributed by atoms with E-state index in [0.717, 1.165) is 6.42 Å². The highest BCUT2D eigenvalue weighted by atomic mass is 35.5. The lowest BCUT2D eigenvalue weighted by molar-refractivity contribution is -0.114. The van der Waals surface area contributed by atoms with Crippen LogP contribution in [0.1, 0.15) is 46.6 Å². The molecule has 8 N–H and O–H groups in total. The van der Waals surface area contributed by atoms with Crippen LogP contribution >= 0.6 is 11.6 Å². The molecule has 0 aromatic heterocycles. The van der Waals surface area contributed by atoms with Gasteiger partial charge in [0.25, 0.3) is 5.91 Å². The molecule has 29 heavy (non-hydrogen) atoms. The third kappa shape index (κ3) is 10.8. The van der Waals surface area contributed by atoms with E-state index in [-0.39, 0.29) is 16.6 Å². The van der Waals surface area contributed by atoms with E-state index in [9.17, 15) is 4.79 Å². The molecule has 0 aliphatic heterocycles. The van der Waals surface area contributed by atoms with Crippen molar-refractivity contribution in [3.63, 3.8) is 0 Å². The highest BCUT2D eigenvalue weighted by Gasteiger charge is 2.14. The van der Waals surface area contributed by atoms with Crippen LogP contribution in [0.3, 0.4) is 0 Å². The standard InChI is InChI=1S/C14H18ClN5O2.C5H10.C2H6/c1-7(16)8-4-3-5-9(13(8)22-2)20-10(6-11(15)17)12(18)14(19)21;1-3-5-4-2;1-2/h3-6,16,20H,17-18H2,1-2H3,(H2,19,21);3,5H,4H2,1-2H3;1-2H3/b11-6-,12-10+,16-7?;5-3+;. The average molecular weight is 424 g/mol. The van der Waals surface area contributed by atoms with Gasteiger partial charge < -0.3 is 32.7 Å². The van der Waals surface area contributed by atoms with Gasteiger partial charge in [-0.25, -0.2) is 0 Å². The number of rotatable bonds is 7. The van der Waals surface area contributed by atoms with Crippen molar-refractivity contribution in [1.29, 1.82) is 5.41 Å². The van der Waals surface area contributed by atoms with Gasteiger partial charge in [-0.3, -0.25) is 4.79 Å². The molecule has 7 nitrogen and oxygen atoms in total. The summed E-state index contributed by atoms with van der Waals surface area (Å²) < 4.78 is 5.32. The molecule has 0 aliphatic carbocycles. The number of allylic oxidation sites excluding steroid dienone is 3. The number of carbonyl (C=O) groups is 1. The van der Waals surface area contributed by atoms with Crippen LogP contribution in [0.2, 0.25) is 0 Å². The Morgan fingerprint density at radius 3 is 2.21 bits per heavy atom. The first-order valence-electron chi connectivity index (χ1n) is 9.22. The Morgan fingerprint density at radius 2 is 1.86 bits per heavy atom. The van der Waals surface area contributed by atoms with E-state index in [1.807, 2.05) is 20.8 Å². The fourth-order valence-electron chi connectivity index (χ4n) is 1.98. The number of hydrogen-bond acceptors (Lipinski definition) is 6. The van der Waals surface area contributed by atoms with Crippen molar-refractivity contribution in [2.45, 2.75) is 41.0 Å². The first-order valence-corrected chi connectivity index (χ1v) is 9.60. The van der Waals surface area contributed by atoms with Crippen LogP contribution in [0.25, 0.3) is 0 Å². The summed E-state index contributed by atoms with van der Waals surface area (Å²) in [6.45, 7) is 9.79. The van der Waals surface area contributed by atoms with Crippen LogP contribution in [-0.4, -0.2) is 18.7 Å². The SMILES string of the molecule is C/C=C/CC.CC.COc1c(NC(/C=C(\N)Cl)=C(/N)C(N)=O)cccc1C(C)=N. The average Bonchev–Trinajstić information content (AvgIpc) is 2.68. The summed E-state index contributed by atoms with van der Waals surface area (Å²) in [5.41, 5.74) is 17.5. The molecule has 1 rings (SSSR count). The molecule has 0 saturated heterocycles. The van der Waals surface area contributed by atoms with Crippen molar-refractivity contribution in [2.24, 2.45) is 17.2 Å². The fraction of sp³-hybridized carbons (Fsp3) is 0.333. The normalized spacial score (nSPS) is 11.3. The van der Waals surface area contributed by atoms with Crippen LogP contribution < -0.4 is 27.3 Å². The maximum Gasteiger partial charge on any atom is 0.266 e. The molecule has 0 saturated carbocycles. The zero-order valence-electron chi connectivity index (χ0n) is 18.1. The van der Waals surface area contributed by atoms with Crippen molar-refractivity contribution in [3.05, 3.63) is 58.5 Å². The summed E-state index contributed by atoms with van der Waals surface area (Å²) >= 11 is 5.63. The molecule has 0 atom stereocenters. The Kier molecular flexibility index (Phi) is 15.7. The van der Waals surface area contributed by atoms with E-state index in [4.69, 9.17) is 38.9 Å². The lowest BCUT2D eigenvalue weighted by Gasteiger charge is -2.16. The number of carbonyl (C=O) groups excluding carboxylic acids is 1. The minimum Gasteiger partial charge on any atom is -0.494 e. The lowest BCUT2D eigenvalue weighted by Crippen LogP contribution is -2.24. The molecular formula is C21H34ClN5O2. The summed E-state index contributed by atoms with van der Waals surface area (Å²) in [5.74, 6) is -0.402. The van der Waals surface area contributed by atoms with Gasteiger partial charge in [0.1, 0.15) is 10.9 Å². The molecule has 1 amide bonds. The largest absolute Gasteiger partial charge is 0.494 e. The monoisotopic (exact) mass is 423 g/mol. The van der Waals surface area contributed by atoms with Crippen molar-refractivity contribution >= 4 is 28.9 Å². The van der Waals surface area contributed by atoms with Gasteiger partial charge in [-0.05, 0) is 38.5 Å². The van der Waals surface area contributed by atoms with Gasteiger partial charge in [0.15, 0.2) is 5.75 Å². The Balaban J connectivity index is 0. The molecule has 8 heteroatoms. The predicted octanol–water partition coefficient (Wildman–Crippen LogP) is 4.19. The number of amides is 1. The van der Waals surface area contributed by atoms with Crippen LogP contribution in [0.4, 0.5) is 5.69 Å². The molecule has 0 aliphatic rings. The molecular weight excluding hydrogens is 390 g/mol. The molecule has 0 heterocycles. The highest BCUT2D eigenvalue weighted by molar-refractivity contribution is 6.29. The third-order valence-corrected chi connectivity index (χ3v) is 3.31. The number of ether oxygens (including phenoxy) is 1. The second kappa shape index (κ2) is 16.1. The van der Waals surface area contributed by atoms with Gasteiger partial charge in [-0.15, -0.1) is 0 Å². The van der Waals surface area contributed by atoms with E-state index in [1.54, 1.807) is 25.1 Å². The smallest absolute Gasteiger partial charge is 0.266 e. The minimum atomic E-state index is -0.824. The van der Waals surface area contributed by atoms with E-state index in [0.29, 0.717) is 22.7 Å². The van der Waals surface area contributed by atoms with Crippen LogP contribution in [0, 0.1) is 5.41 Å². The number of hydrogen-bond donors (Lipinski definition) is 5. The second-order valence-corrected chi connectivity index (χ2v) is 5.77. The Hall–Kier alpha value is -2.93. The number of methoxy groups -OCH3 is 1. The van der Waals surface area contributed by atoms with E-state index in [2.05, 4.69) is 24.4 Å². The summed E-state index contributed by atoms with van der Waals surface area (Å²) in [7, 11) is 1.47. The van der Waals surface area contributed by atoms with Gasteiger partial charge in [0.2, 0.25) is 0 Å². The quantitative estimate of drug-likeness (QED) is 0.147. The van der Waals surface area contributed by atoms with Crippen molar-refractivity contribution < 1.29 is 9.53 Å². The maximum atomic E-state index is 11.3. The van der Waals surface area contributed by atoms with Crippen LogP contribution in [0.15, 0.2) is 53.0 Å². The third-order valence-electron chi connectivity index (χ3n) is 3.20. The second-order valence-electron chi connectivity index (χ2n) is 5.33. The highest BCUT2D eigenvalue weighted by Crippen LogP contribution is 2.30. The topological polar surface area (TPSA) is 140 Å². The van der Waals surface area contributed by atoms with E-state index in [1.165, 1.54) is 13.2 Å². The Morgan fingerprint density at radius 1 is 1.28 bits per heavy atom. The molecule has 0 bridgehead atoms. The number of halogens is 1. The number of anilines is 1. The Labute approximate surface area is 179 Å². The van der Waals surface area contributed by atoms with Crippen molar-refractivity contribution in [1.82, 2.24) is 0 Å². The van der Waals surface area contributed by atoms with E-state index >= 15 is 0 Å². The molecule has 1 aromatic carbocycles. The number of primary amides is 1. The van der Waals surface area contributed by atoms with Gasteiger partial charge in [0, 0.05) is 11.3 Å². The van der Waals surface area contributed by atoms with Gasteiger partial charge in [-0.2, -0.15) is 0 Å². The first-order chi connectivity index (χ1) is 13.7. The maximum absolute atomic E-state index is 11.3. The number of benzene rings is 1. The number of nitrogens with two attached hydrogens (primary N) is 3. The summed E-state index contributed by atoms with van der Waals surface area (Å²) in [5, 5.41) is 10.6. The predicted molar refractivity (Wildman–Crippen MR) is 124 cm³/mol. The fourth-order valence-corrected chi connectivity index (χ4v) is 2.09. The van der Waals surface area contributed by atoms with Crippen molar-refractivity contribution in [2.75, 3.05) is 12.4 Å². The summed E-state index contributed by atoms with van der Waals surface area (Å²) in [4.78, 5) is 11.3. The molecule has 0 spiro atoms. The zero-order valence-corrected chi connectivity index (χ0v) is 18.9. The summed E-state index contributed by atoms with van der Waals surface area (Å²) in [6.07, 6.45) is 6.61. The zero-order chi connectivity index (χ0) is 23.0. The Bertz CT molecular complexity index is 751. The number of para-hydroxylation sites is 1. The first kappa shape index (κ1) is 28.3. The summed E-state index contributed by atoms with van der Waals surface area (Å²) in [6, 6.07) is 5.15. The van der Waals surface area contributed by atoms with E-state index < -0.39 is 5.91 Å². The molecule has 0 fully saturated rings.